The van der Waals surface area contributed by atoms with E-state index in [1.165, 1.54) is 19.3 Å². The Morgan fingerprint density at radius 1 is 1.33 bits per heavy atom. The summed E-state index contributed by atoms with van der Waals surface area (Å²) in [6.07, 6.45) is 10.6. The first kappa shape index (κ1) is 11.7. The van der Waals surface area contributed by atoms with Gasteiger partial charge in [0.15, 0.2) is 0 Å². The minimum Gasteiger partial charge on any atom is -0.330 e. The number of hydrogen-bond acceptors (Lipinski definition) is 3. The molecule has 0 radical (unpaired) electrons. The predicted molar refractivity (Wildman–Crippen MR) is 72.2 cm³/mol. The molecule has 18 heavy (non-hydrogen) atoms. The van der Waals surface area contributed by atoms with Gasteiger partial charge in [0.2, 0.25) is 0 Å². The summed E-state index contributed by atoms with van der Waals surface area (Å²) in [5.41, 5.74) is 8.56. The smallest absolute Gasteiger partial charge is 0.111 e. The van der Waals surface area contributed by atoms with Crippen LogP contribution in [-0.2, 0) is 13.5 Å². The van der Waals surface area contributed by atoms with Crippen LogP contribution in [-0.4, -0.2) is 20.1 Å². The van der Waals surface area contributed by atoms with E-state index in [-0.39, 0.29) is 5.54 Å². The zero-order valence-corrected chi connectivity index (χ0v) is 10.9. The van der Waals surface area contributed by atoms with Crippen LogP contribution in [0.3, 0.4) is 0 Å². The fourth-order valence-corrected chi connectivity index (χ4v) is 2.99. The van der Waals surface area contributed by atoms with E-state index in [9.17, 15) is 0 Å². The first-order chi connectivity index (χ1) is 8.68. The number of nitrogens with two attached hydrogens (primary N) is 1. The van der Waals surface area contributed by atoms with E-state index in [0.717, 1.165) is 36.1 Å². The Labute approximate surface area is 107 Å². The number of imidazole rings is 1. The molecule has 1 fully saturated rings. The van der Waals surface area contributed by atoms with Crippen LogP contribution in [0, 0.1) is 0 Å². The van der Waals surface area contributed by atoms with Crippen LogP contribution in [0.25, 0.3) is 11.0 Å². The van der Waals surface area contributed by atoms with Crippen molar-refractivity contribution in [2.24, 2.45) is 12.8 Å². The van der Waals surface area contributed by atoms with Crippen LogP contribution < -0.4 is 5.73 Å². The molecule has 0 amide bonds. The van der Waals surface area contributed by atoms with Gasteiger partial charge in [0.1, 0.15) is 5.82 Å². The van der Waals surface area contributed by atoms with Gasteiger partial charge in [-0.1, -0.05) is 19.3 Å². The normalized spacial score (nSPS) is 19.2. The number of aryl methyl sites for hydroxylation is 1. The van der Waals surface area contributed by atoms with Gasteiger partial charge >= 0.3 is 0 Å². The van der Waals surface area contributed by atoms with Crippen molar-refractivity contribution in [3.8, 4) is 0 Å². The molecular formula is C14H20N4. The Kier molecular flexibility index (Phi) is 2.82. The highest BCUT2D eigenvalue weighted by molar-refractivity contribution is 5.74. The van der Waals surface area contributed by atoms with E-state index < -0.39 is 0 Å². The van der Waals surface area contributed by atoms with Gasteiger partial charge in [-0.2, -0.15) is 0 Å². The maximum Gasteiger partial charge on any atom is 0.111 e. The quantitative estimate of drug-likeness (QED) is 0.880. The molecule has 4 nitrogen and oxygen atoms in total. The minimum absolute atomic E-state index is 0.0547. The number of hydrogen-bond donors (Lipinski definition) is 1. The molecule has 1 aliphatic rings. The summed E-state index contributed by atoms with van der Waals surface area (Å²) < 4.78 is 2.13. The Bertz CT molecular complexity index is 552. The van der Waals surface area contributed by atoms with Crippen LogP contribution in [0.15, 0.2) is 18.5 Å². The second kappa shape index (κ2) is 4.35. The van der Waals surface area contributed by atoms with Gasteiger partial charge in [0, 0.05) is 25.2 Å². The summed E-state index contributed by atoms with van der Waals surface area (Å²) in [4.78, 5) is 8.85. The van der Waals surface area contributed by atoms with Crippen LogP contribution in [0.5, 0.6) is 0 Å². The molecule has 96 valence electrons. The highest BCUT2D eigenvalue weighted by Crippen LogP contribution is 2.29. The lowest BCUT2D eigenvalue weighted by Crippen LogP contribution is -2.44. The lowest BCUT2D eigenvalue weighted by atomic mass is 9.80. The molecular weight excluding hydrogens is 224 g/mol. The molecule has 0 saturated heterocycles. The van der Waals surface area contributed by atoms with Crippen LogP contribution in [0.2, 0.25) is 0 Å². The summed E-state index contributed by atoms with van der Waals surface area (Å²) in [7, 11) is 2.05. The van der Waals surface area contributed by atoms with Crippen molar-refractivity contribution in [2.75, 3.05) is 0 Å². The monoisotopic (exact) mass is 244 g/mol. The van der Waals surface area contributed by atoms with Crippen molar-refractivity contribution < 1.29 is 0 Å². The van der Waals surface area contributed by atoms with Gasteiger partial charge in [0.25, 0.3) is 0 Å². The van der Waals surface area contributed by atoms with Gasteiger partial charge in [-0.25, -0.2) is 4.98 Å². The lowest BCUT2D eigenvalue weighted by Gasteiger charge is -2.33. The molecule has 2 aromatic rings. The van der Waals surface area contributed by atoms with Crippen molar-refractivity contribution in [3.63, 3.8) is 0 Å². The van der Waals surface area contributed by atoms with Crippen LogP contribution in [0.4, 0.5) is 0 Å². The molecule has 0 atom stereocenters. The van der Waals surface area contributed by atoms with Crippen molar-refractivity contribution in [1.29, 1.82) is 0 Å². The van der Waals surface area contributed by atoms with Crippen molar-refractivity contribution in [3.05, 3.63) is 24.3 Å². The van der Waals surface area contributed by atoms with Crippen LogP contribution in [0.1, 0.15) is 37.9 Å². The maximum atomic E-state index is 6.51. The highest BCUT2D eigenvalue weighted by atomic mass is 15.1. The molecule has 0 spiro atoms. The standard InChI is InChI=1S/C14H20N4/c1-18-12-10-16-8-5-11(12)17-13(18)9-14(15)6-3-2-4-7-14/h5,8,10H,2-4,6-7,9,15H2,1H3. The van der Waals surface area contributed by atoms with E-state index in [0.29, 0.717) is 0 Å². The maximum absolute atomic E-state index is 6.51. The largest absolute Gasteiger partial charge is 0.330 e. The van der Waals surface area contributed by atoms with Crippen molar-refractivity contribution in [1.82, 2.24) is 14.5 Å². The second-order valence-electron chi connectivity index (χ2n) is 5.55. The zero-order valence-electron chi connectivity index (χ0n) is 10.9. The molecule has 3 rings (SSSR count). The van der Waals surface area contributed by atoms with E-state index in [1.54, 1.807) is 6.20 Å². The third kappa shape index (κ3) is 2.01. The zero-order chi connectivity index (χ0) is 12.6. The Morgan fingerprint density at radius 2 is 2.11 bits per heavy atom. The fourth-order valence-electron chi connectivity index (χ4n) is 2.99. The first-order valence-corrected chi connectivity index (χ1v) is 6.72. The van der Waals surface area contributed by atoms with Crippen LogP contribution >= 0.6 is 0 Å². The molecule has 0 aromatic carbocycles. The molecule has 2 aromatic heterocycles. The third-order valence-corrected chi connectivity index (χ3v) is 4.14. The molecule has 0 unspecified atom stereocenters. The van der Waals surface area contributed by atoms with Gasteiger partial charge in [0.05, 0.1) is 17.2 Å². The molecule has 1 saturated carbocycles. The number of fused-ring (bicyclic) bond motifs is 1. The summed E-state index contributed by atoms with van der Waals surface area (Å²) >= 11 is 0. The predicted octanol–water partition coefficient (Wildman–Crippen LogP) is 2.17. The summed E-state index contributed by atoms with van der Waals surface area (Å²) in [6, 6.07) is 1.96. The summed E-state index contributed by atoms with van der Waals surface area (Å²) in [6.45, 7) is 0. The molecule has 0 aliphatic heterocycles. The lowest BCUT2D eigenvalue weighted by molar-refractivity contribution is 0.288. The number of aromatic nitrogens is 3. The minimum atomic E-state index is -0.0547. The van der Waals surface area contributed by atoms with Gasteiger partial charge in [-0.3, -0.25) is 4.98 Å². The number of rotatable bonds is 2. The first-order valence-electron chi connectivity index (χ1n) is 6.72. The molecule has 0 bridgehead atoms. The third-order valence-electron chi connectivity index (χ3n) is 4.14. The fraction of sp³-hybridized carbons (Fsp3) is 0.571. The summed E-state index contributed by atoms with van der Waals surface area (Å²) in [5.74, 6) is 1.09. The Balaban J connectivity index is 1.92. The molecule has 2 heterocycles. The molecule has 1 aliphatic carbocycles. The SMILES string of the molecule is Cn1c(CC2(N)CCCCC2)nc2ccncc21. The van der Waals surface area contributed by atoms with E-state index in [2.05, 4.69) is 16.6 Å². The second-order valence-corrected chi connectivity index (χ2v) is 5.55. The number of pyridine rings is 1. The molecule has 4 heteroatoms. The highest BCUT2D eigenvalue weighted by Gasteiger charge is 2.29. The topological polar surface area (TPSA) is 56.7 Å². The van der Waals surface area contributed by atoms with Gasteiger partial charge in [-0.05, 0) is 18.9 Å². The Hall–Kier alpha value is -1.42. The number of nitrogens with zero attached hydrogens (tertiary/aromatic N) is 3. The van der Waals surface area contributed by atoms with Gasteiger partial charge in [-0.15, -0.1) is 0 Å². The van der Waals surface area contributed by atoms with E-state index >= 15 is 0 Å². The van der Waals surface area contributed by atoms with Crippen molar-refractivity contribution >= 4 is 11.0 Å². The van der Waals surface area contributed by atoms with Gasteiger partial charge < -0.3 is 10.3 Å². The van der Waals surface area contributed by atoms with E-state index in [1.807, 2.05) is 12.3 Å². The Morgan fingerprint density at radius 3 is 2.83 bits per heavy atom. The van der Waals surface area contributed by atoms with E-state index in [4.69, 9.17) is 10.7 Å². The average Bonchev–Trinajstić information content (AvgIpc) is 2.67. The molecule has 2 N–H and O–H groups in total. The van der Waals surface area contributed by atoms with Crippen molar-refractivity contribution in [2.45, 2.75) is 44.1 Å². The summed E-state index contributed by atoms with van der Waals surface area (Å²) in [5, 5.41) is 0. The average molecular weight is 244 g/mol.